The Kier molecular flexibility index (Phi) is 5.67. The van der Waals surface area contributed by atoms with Crippen molar-refractivity contribution in [3.05, 3.63) is 35.9 Å². The van der Waals surface area contributed by atoms with Gasteiger partial charge in [-0.15, -0.1) is 0 Å². The van der Waals surface area contributed by atoms with Crippen molar-refractivity contribution >= 4 is 23.6 Å². The van der Waals surface area contributed by atoms with E-state index in [-0.39, 0.29) is 11.8 Å². The van der Waals surface area contributed by atoms with Gasteiger partial charge in [0, 0.05) is 19.0 Å². The van der Waals surface area contributed by atoms with Crippen LogP contribution in [0.1, 0.15) is 24.8 Å². The van der Waals surface area contributed by atoms with Crippen LogP contribution < -0.4 is 0 Å². The minimum absolute atomic E-state index is 0.0538. The molecule has 0 spiro atoms. The summed E-state index contributed by atoms with van der Waals surface area (Å²) in [5, 5.41) is 9.42. The van der Waals surface area contributed by atoms with Crippen LogP contribution in [0.25, 0.3) is 0 Å². The van der Waals surface area contributed by atoms with Crippen LogP contribution in [0.5, 0.6) is 0 Å². The summed E-state index contributed by atoms with van der Waals surface area (Å²) in [5.41, 5.74) is 1.00. The van der Waals surface area contributed by atoms with E-state index in [4.69, 9.17) is 0 Å². The van der Waals surface area contributed by atoms with E-state index in [9.17, 15) is 14.7 Å². The number of rotatable bonds is 6. The van der Waals surface area contributed by atoms with E-state index in [1.54, 1.807) is 16.7 Å². The molecular weight excluding hydrogens is 286 g/mol. The molecule has 4 nitrogen and oxygen atoms in total. The summed E-state index contributed by atoms with van der Waals surface area (Å²) in [4.78, 5) is 25.4. The summed E-state index contributed by atoms with van der Waals surface area (Å²) in [6.07, 6.45) is 1.04. The van der Waals surface area contributed by atoms with E-state index in [2.05, 4.69) is 6.92 Å². The van der Waals surface area contributed by atoms with E-state index in [1.165, 1.54) is 0 Å². The molecule has 2 unspecified atom stereocenters. The van der Waals surface area contributed by atoms with Crippen molar-refractivity contribution in [1.82, 2.24) is 4.90 Å². The van der Waals surface area contributed by atoms with Crippen molar-refractivity contribution in [3.63, 3.8) is 0 Å². The van der Waals surface area contributed by atoms with Crippen LogP contribution in [0.4, 0.5) is 0 Å². The maximum Gasteiger partial charge on any atom is 0.308 e. The molecule has 2 atom stereocenters. The number of aliphatic carboxylic acids is 1. The van der Waals surface area contributed by atoms with Crippen molar-refractivity contribution in [3.8, 4) is 0 Å². The highest BCUT2D eigenvalue weighted by Crippen LogP contribution is 2.33. The van der Waals surface area contributed by atoms with Gasteiger partial charge in [-0.05, 0) is 17.7 Å². The van der Waals surface area contributed by atoms with Gasteiger partial charge in [0.25, 0.3) is 0 Å². The molecule has 1 aliphatic heterocycles. The zero-order chi connectivity index (χ0) is 15.2. The lowest BCUT2D eigenvalue weighted by molar-refractivity contribution is -0.141. The molecule has 0 bridgehead atoms. The molecule has 1 aromatic carbocycles. The number of hydrogen-bond acceptors (Lipinski definition) is 3. The Hall–Kier alpha value is -1.49. The predicted octanol–water partition coefficient (Wildman–Crippen LogP) is 2.46. The average Bonchev–Trinajstić information content (AvgIpc) is 2.94. The number of amides is 1. The van der Waals surface area contributed by atoms with E-state index < -0.39 is 11.9 Å². The molecule has 1 heterocycles. The second-order valence-electron chi connectivity index (χ2n) is 5.31. The van der Waals surface area contributed by atoms with Gasteiger partial charge in [0.15, 0.2) is 0 Å². The van der Waals surface area contributed by atoms with Crippen LogP contribution in [-0.4, -0.2) is 46.5 Å². The average molecular weight is 307 g/mol. The molecule has 1 aromatic rings. The minimum Gasteiger partial charge on any atom is -0.481 e. The summed E-state index contributed by atoms with van der Waals surface area (Å²) >= 11 is 1.62. The monoisotopic (exact) mass is 307 g/mol. The third kappa shape index (κ3) is 4.00. The number of hydrogen-bond donors (Lipinski definition) is 1. The highest BCUT2D eigenvalue weighted by atomic mass is 32.2. The van der Waals surface area contributed by atoms with E-state index in [0.29, 0.717) is 18.8 Å². The molecule has 0 saturated carbocycles. The van der Waals surface area contributed by atoms with Crippen LogP contribution in [0.15, 0.2) is 30.3 Å². The van der Waals surface area contributed by atoms with E-state index >= 15 is 0 Å². The molecular formula is C16H21NO3S. The van der Waals surface area contributed by atoms with Crippen LogP contribution >= 0.6 is 11.8 Å². The molecule has 0 aromatic heterocycles. The number of carbonyl (C=O) groups excluding carboxylic acids is 1. The third-order valence-corrected chi connectivity index (χ3v) is 4.94. The van der Waals surface area contributed by atoms with Crippen molar-refractivity contribution in [2.75, 3.05) is 24.6 Å². The molecule has 114 valence electrons. The highest BCUT2D eigenvalue weighted by Gasteiger charge is 2.40. The maximum atomic E-state index is 12.2. The van der Waals surface area contributed by atoms with Gasteiger partial charge in [0.1, 0.15) is 0 Å². The fourth-order valence-corrected chi connectivity index (χ4v) is 3.48. The van der Waals surface area contributed by atoms with Crippen LogP contribution in [-0.2, 0) is 9.59 Å². The molecule has 1 saturated heterocycles. The Morgan fingerprint density at radius 3 is 2.62 bits per heavy atom. The number of carbonyl (C=O) groups is 2. The Balaban J connectivity index is 2.05. The first-order chi connectivity index (χ1) is 10.1. The highest BCUT2D eigenvalue weighted by molar-refractivity contribution is 7.99. The number of nitrogens with zero attached hydrogens (tertiary/aromatic N) is 1. The van der Waals surface area contributed by atoms with Gasteiger partial charge in [0.2, 0.25) is 5.91 Å². The summed E-state index contributed by atoms with van der Waals surface area (Å²) < 4.78 is 0. The summed E-state index contributed by atoms with van der Waals surface area (Å²) in [7, 11) is 0. The van der Waals surface area contributed by atoms with Gasteiger partial charge >= 0.3 is 5.97 Å². The van der Waals surface area contributed by atoms with Gasteiger partial charge in [-0.2, -0.15) is 11.8 Å². The fraction of sp³-hybridized carbons (Fsp3) is 0.500. The lowest BCUT2D eigenvalue weighted by Crippen LogP contribution is -2.31. The number of likely N-dealkylation sites (tertiary alicyclic amines) is 1. The number of thioether (sulfide) groups is 1. The Labute approximate surface area is 129 Å². The summed E-state index contributed by atoms with van der Waals surface area (Å²) in [6.45, 7) is 2.91. The molecule has 1 aliphatic rings. The Morgan fingerprint density at radius 2 is 2.00 bits per heavy atom. The molecule has 0 radical (unpaired) electrons. The topological polar surface area (TPSA) is 57.6 Å². The number of carboxylic acid groups (broad SMARTS) is 1. The Morgan fingerprint density at radius 1 is 1.29 bits per heavy atom. The Bertz CT molecular complexity index is 492. The standard InChI is InChI=1S/C16H21NO3S/c1-2-8-21-11-15(18)17-9-13(14(10-17)16(19)20)12-6-4-3-5-7-12/h3-7,13-14H,2,8-11H2,1H3,(H,19,20). The molecule has 0 aliphatic carbocycles. The van der Waals surface area contributed by atoms with Crippen LogP contribution in [0.3, 0.4) is 0 Å². The number of carboxylic acids is 1. The van der Waals surface area contributed by atoms with E-state index in [0.717, 1.165) is 17.7 Å². The van der Waals surface area contributed by atoms with Crippen LogP contribution in [0.2, 0.25) is 0 Å². The van der Waals surface area contributed by atoms with Crippen molar-refractivity contribution < 1.29 is 14.7 Å². The van der Waals surface area contributed by atoms with Crippen LogP contribution in [0, 0.1) is 5.92 Å². The zero-order valence-corrected chi connectivity index (χ0v) is 13.0. The van der Waals surface area contributed by atoms with Crippen molar-refractivity contribution in [1.29, 1.82) is 0 Å². The lowest BCUT2D eigenvalue weighted by atomic mass is 9.89. The van der Waals surface area contributed by atoms with Gasteiger partial charge in [-0.25, -0.2) is 0 Å². The molecule has 1 amide bonds. The normalized spacial score (nSPS) is 21.5. The number of benzene rings is 1. The van der Waals surface area contributed by atoms with Gasteiger partial charge in [-0.1, -0.05) is 37.3 Å². The summed E-state index contributed by atoms with van der Waals surface area (Å²) in [5.74, 6) is 0.0287. The maximum absolute atomic E-state index is 12.2. The van der Waals surface area contributed by atoms with Crippen molar-refractivity contribution in [2.45, 2.75) is 19.3 Å². The van der Waals surface area contributed by atoms with E-state index in [1.807, 2.05) is 30.3 Å². The second kappa shape index (κ2) is 7.50. The largest absolute Gasteiger partial charge is 0.481 e. The zero-order valence-electron chi connectivity index (χ0n) is 12.2. The molecule has 2 rings (SSSR count). The second-order valence-corrected chi connectivity index (χ2v) is 6.42. The van der Waals surface area contributed by atoms with Gasteiger partial charge in [0.05, 0.1) is 11.7 Å². The van der Waals surface area contributed by atoms with Gasteiger partial charge < -0.3 is 10.0 Å². The first-order valence-corrected chi connectivity index (χ1v) is 8.42. The first-order valence-electron chi connectivity index (χ1n) is 7.26. The fourth-order valence-electron chi connectivity index (χ4n) is 2.69. The molecule has 5 heteroatoms. The quantitative estimate of drug-likeness (QED) is 0.820. The lowest BCUT2D eigenvalue weighted by Gasteiger charge is -2.16. The van der Waals surface area contributed by atoms with Crippen molar-refractivity contribution in [2.24, 2.45) is 5.92 Å². The smallest absolute Gasteiger partial charge is 0.308 e. The first kappa shape index (κ1) is 15.9. The molecule has 1 N–H and O–H groups in total. The van der Waals surface area contributed by atoms with Gasteiger partial charge in [-0.3, -0.25) is 9.59 Å². The SMILES string of the molecule is CCCSCC(=O)N1CC(C(=O)O)C(c2ccccc2)C1. The molecule has 1 fully saturated rings. The summed E-state index contributed by atoms with van der Waals surface area (Å²) in [6, 6.07) is 9.63. The minimum atomic E-state index is -0.819. The third-order valence-electron chi connectivity index (χ3n) is 3.79. The molecule has 21 heavy (non-hydrogen) atoms. The predicted molar refractivity (Wildman–Crippen MR) is 84.5 cm³/mol.